The molecule has 2 aromatic carbocycles. The molecule has 0 saturated carbocycles. The standard InChI is InChI=1S/C20H19NO5/c1-4-25-20(22)17-18(14-10-11-15(23-2)16(12-14)24-3)21-26-19(17)13-8-6-5-7-9-13/h5-12H,4H2,1-3H3. The van der Waals surface area contributed by atoms with Gasteiger partial charge in [0.15, 0.2) is 17.3 Å². The highest BCUT2D eigenvalue weighted by molar-refractivity contribution is 6.01. The highest BCUT2D eigenvalue weighted by Crippen LogP contribution is 2.37. The molecule has 134 valence electrons. The Hall–Kier alpha value is -3.28. The van der Waals surface area contributed by atoms with Gasteiger partial charge in [-0.25, -0.2) is 4.79 Å². The number of hydrogen-bond donors (Lipinski definition) is 0. The smallest absolute Gasteiger partial charge is 0.344 e. The number of hydrogen-bond acceptors (Lipinski definition) is 6. The Morgan fingerprint density at radius 2 is 1.73 bits per heavy atom. The average Bonchev–Trinajstić information content (AvgIpc) is 3.13. The molecular formula is C20H19NO5. The minimum Gasteiger partial charge on any atom is -0.493 e. The van der Waals surface area contributed by atoms with E-state index in [0.29, 0.717) is 28.5 Å². The van der Waals surface area contributed by atoms with Crippen molar-refractivity contribution in [3.8, 4) is 34.1 Å². The summed E-state index contributed by atoms with van der Waals surface area (Å²) >= 11 is 0. The minimum absolute atomic E-state index is 0.254. The summed E-state index contributed by atoms with van der Waals surface area (Å²) in [5, 5.41) is 4.12. The molecule has 1 heterocycles. The van der Waals surface area contributed by atoms with E-state index in [4.69, 9.17) is 18.7 Å². The van der Waals surface area contributed by atoms with Crippen LogP contribution in [-0.4, -0.2) is 32.0 Å². The Balaban J connectivity index is 2.16. The molecule has 6 heteroatoms. The van der Waals surface area contributed by atoms with Crippen LogP contribution in [0.1, 0.15) is 17.3 Å². The Morgan fingerprint density at radius 1 is 1.00 bits per heavy atom. The number of carbonyl (C=O) groups excluding carboxylic acids is 1. The largest absolute Gasteiger partial charge is 0.493 e. The lowest BCUT2D eigenvalue weighted by Gasteiger charge is -2.09. The van der Waals surface area contributed by atoms with Crippen molar-refractivity contribution in [3.05, 3.63) is 54.1 Å². The van der Waals surface area contributed by atoms with Crippen LogP contribution >= 0.6 is 0 Å². The molecule has 0 N–H and O–H groups in total. The van der Waals surface area contributed by atoms with Crippen LogP contribution < -0.4 is 9.47 Å². The van der Waals surface area contributed by atoms with E-state index in [-0.39, 0.29) is 12.2 Å². The first-order valence-corrected chi connectivity index (χ1v) is 8.14. The third-order valence-electron chi connectivity index (χ3n) is 3.86. The summed E-state index contributed by atoms with van der Waals surface area (Å²) in [6, 6.07) is 14.6. The molecule has 3 rings (SSSR count). The molecule has 0 aliphatic rings. The van der Waals surface area contributed by atoms with Gasteiger partial charge < -0.3 is 18.7 Å². The molecule has 0 unspecified atom stereocenters. The fraction of sp³-hybridized carbons (Fsp3) is 0.200. The maximum atomic E-state index is 12.6. The number of esters is 1. The summed E-state index contributed by atoms with van der Waals surface area (Å²) < 4.78 is 21.3. The number of rotatable bonds is 6. The minimum atomic E-state index is -0.489. The van der Waals surface area contributed by atoms with E-state index in [1.54, 1.807) is 39.3 Å². The van der Waals surface area contributed by atoms with Crippen LogP contribution in [0.15, 0.2) is 53.1 Å². The van der Waals surface area contributed by atoms with Gasteiger partial charge in [-0.2, -0.15) is 0 Å². The lowest BCUT2D eigenvalue weighted by Crippen LogP contribution is -2.06. The number of benzene rings is 2. The Kier molecular flexibility index (Phi) is 5.22. The van der Waals surface area contributed by atoms with Gasteiger partial charge in [-0.1, -0.05) is 35.5 Å². The predicted octanol–water partition coefficient (Wildman–Crippen LogP) is 4.20. The monoisotopic (exact) mass is 353 g/mol. The van der Waals surface area contributed by atoms with Gasteiger partial charge in [0.05, 0.1) is 20.8 Å². The zero-order valence-corrected chi connectivity index (χ0v) is 14.8. The van der Waals surface area contributed by atoms with Gasteiger partial charge in [-0.15, -0.1) is 0 Å². The molecule has 1 aromatic heterocycles. The zero-order chi connectivity index (χ0) is 18.5. The van der Waals surface area contributed by atoms with Gasteiger partial charge in [0.25, 0.3) is 0 Å². The van der Waals surface area contributed by atoms with E-state index in [1.165, 1.54) is 0 Å². The lowest BCUT2D eigenvalue weighted by atomic mass is 10.0. The third-order valence-corrected chi connectivity index (χ3v) is 3.86. The van der Waals surface area contributed by atoms with E-state index in [9.17, 15) is 4.79 Å². The summed E-state index contributed by atoms with van der Waals surface area (Å²) in [4.78, 5) is 12.6. The molecule has 26 heavy (non-hydrogen) atoms. The van der Waals surface area contributed by atoms with Crippen LogP contribution in [0.2, 0.25) is 0 Å². The van der Waals surface area contributed by atoms with E-state index in [2.05, 4.69) is 5.16 Å². The molecule has 0 saturated heterocycles. The first-order chi connectivity index (χ1) is 12.7. The Bertz CT molecular complexity index is 902. The third kappa shape index (κ3) is 3.26. The molecule has 0 bridgehead atoms. The summed E-state index contributed by atoms with van der Waals surface area (Å²) in [5.41, 5.74) is 2.08. The van der Waals surface area contributed by atoms with Gasteiger partial charge in [-0.05, 0) is 25.1 Å². The van der Waals surface area contributed by atoms with Crippen LogP contribution in [0, 0.1) is 0 Å². The van der Waals surface area contributed by atoms with Crippen LogP contribution in [0.4, 0.5) is 0 Å². The molecule has 3 aromatic rings. The Morgan fingerprint density at radius 3 is 2.38 bits per heavy atom. The van der Waals surface area contributed by atoms with Crippen LogP contribution in [0.3, 0.4) is 0 Å². The van der Waals surface area contributed by atoms with Gasteiger partial charge >= 0.3 is 5.97 Å². The first kappa shape index (κ1) is 17.5. The highest BCUT2D eigenvalue weighted by Gasteiger charge is 2.26. The van der Waals surface area contributed by atoms with Crippen LogP contribution in [0.5, 0.6) is 11.5 Å². The second-order valence-corrected chi connectivity index (χ2v) is 5.39. The molecule has 0 atom stereocenters. The normalized spacial score (nSPS) is 10.4. The van der Waals surface area contributed by atoms with E-state index < -0.39 is 5.97 Å². The second-order valence-electron chi connectivity index (χ2n) is 5.39. The van der Waals surface area contributed by atoms with Crippen molar-refractivity contribution in [1.82, 2.24) is 5.16 Å². The van der Waals surface area contributed by atoms with Crippen molar-refractivity contribution in [2.24, 2.45) is 0 Å². The molecule has 0 amide bonds. The summed E-state index contributed by atoms with van der Waals surface area (Å²) in [5.74, 6) is 0.996. The van der Waals surface area contributed by atoms with Crippen molar-refractivity contribution in [3.63, 3.8) is 0 Å². The van der Waals surface area contributed by atoms with E-state index in [0.717, 1.165) is 5.56 Å². The quantitative estimate of drug-likeness (QED) is 0.619. The van der Waals surface area contributed by atoms with Gasteiger partial charge in [0.1, 0.15) is 11.3 Å². The summed E-state index contributed by atoms with van der Waals surface area (Å²) in [6.07, 6.45) is 0. The van der Waals surface area contributed by atoms with Crippen molar-refractivity contribution in [1.29, 1.82) is 0 Å². The molecule has 0 spiro atoms. The van der Waals surface area contributed by atoms with Crippen molar-refractivity contribution in [2.45, 2.75) is 6.92 Å². The lowest BCUT2D eigenvalue weighted by molar-refractivity contribution is 0.0527. The van der Waals surface area contributed by atoms with Gasteiger partial charge in [-0.3, -0.25) is 0 Å². The number of aromatic nitrogens is 1. The SMILES string of the molecule is CCOC(=O)c1c(-c2ccc(OC)c(OC)c2)noc1-c1ccccc1. The maximum absolute atomic E-state index is 12.6. The molecule has 0 radical (unpaired) electrons. The molecule has 0 fully saturated rings. The average molecular weight is 353 g/mol. The topological polar surface area (TPSA) is 70.8 Å². The molecular weight excluding hydrogens is 334 g/mol. The molecule has 0 aliphatic carbocycles. The Labute approximate surface area is 151 Å². The maximum Gasteiger partial charge on any atom is 0.344 e. The zero-order valence-electron chi connectivity index (χ0n) is 14.8. The number of nitrogens with zero attached hydrogens (tertiary/aromatic N) is 1. The summed E-state index contributed by atoms with van der Waals surface area (Å²) in [7, 11) is 3.11. The van der Waals surface area contributed by atoms with E-state index in [1.807, 2.05) is 30.3 Å². The number of ether oxygens (including phenoxy) is 3. The van der Waals surface area contributed by atoms with E-state index >= 15 is 0 Å². The number of carbonyl (C=O) groups is 1. The first-order valence-electron chi connectivity index (χ1n) is 8.14. The molecule has 6 nitrogen and oxygen atoms in total. The summed E-state index contributed by atoms with van der Waals surface area (Å²) in [6.45, 7) is 2.01. The van der Waals surface area contributed by atoms with Gasteiger partial charge in [0, 0.05) is 11.1 Å². The fourth-order valence-electron chi connectivity index (χ4n) is 2.65. The van der Waals surface area contributed by atoms with Gasteiger partial charge in [0.2, 0.25) is 0 Å². The van der Waals surface area contributed by atoms with Crippen LogP contribution in [0.25, 0.3) is 22.6 Å². The predicted molar refractivity (Wildman–Crippen MR) is 96.4 cm³/mol. The van der Waals surface area contributed by atoms with Crippen LogP contribution in [-0.2, 0) is 4.74 Å². The van der Waals surface area contributed by atoms with Crippen molar-refractivity contribution < 1.29 is 23.5 Å². The van der Waals surface area contributed by atoms with Crippen molar-refractivity contribution in [2.75, 3.05) is 20.8 Å². The fourth-order valence-corrected chi connectivity index (χ4v) is 2.65. The van der Waals surface area contributed by atoms with Crippen molar-refractivity contribution >= 4 is 5.97 Å². The number of methoxy groups -OCH3 is 2. The highest BCUT2D eigenvalue weighted by atomic mass is 16.5. The second kappa shape index (κ2) is 7.74. The molecule has 0 aliphatic heterocycles.